The number of carbonyl (C=O) groups excluding carboxylic acids is 1. The molecule has 1 aromatic carbocycles. The van der Waals surface area contributed by atoms with Gasteiger partial charge in [-0.15, -0.1) is 11.3 Å². The van der Waals surface area contributed by atoms with Gasteiger partial charge in [0.25, 0.3) is 5.91 Å². The lowest BCUT2D eigenvalue weighted by molar-refractivity contribution is 0.0585. The van der Waals surface area contributed by atoms with Crippen molar-refractivity contribution < 1.29 is 9.53 Å². The number of ether oxygens (including phenoxy) is 1. The van der Waals surface area contributed by atoms with E-state index in [-0.39, 0.29) is 11.9 Å². The largest absolute Gasteiger partial charge is 0.497 e. The highest BCUT2D eigenvalue weighted by Gasteiger charge is 2.28. The quantitative estimate of drug-likeness (QED) is 0.592. The van der Waals surface area contributed by atoms with Crippen LogP contribution in [0.4, 0.5) is 0 Å². The Morgan fingerprint density at radius 1 is 1.21 bits per heavy atom. The van der Waals surface area contributed by atoms with Gasteiger partial charge in [-0.25, -0.2) is 4.98 Å². The molecule has 0 aliphatic carbocycles. The first-order valence-corrected chi connectivity index (χ1v) is 11.5. The van der Waals surface area contributed by atoms with Crippen LogP contribution in [0, 0.1) is 6.92 Å². The lowest BCUT2D eigenvalue weighted by Gasteiger charge is -2.38. The lowest BCUT2D eigenvalue weighted by atomic mass is 10.1. The van der Waals surface area contributed by atoms with Gasteiger partial charge in [-0.05, 0) is 43.0 Å². The monoisotopic (exact) mass is 427 g/mol. The molecular weight excluding hydrogens is 402 g/mol. The van der Waals surface area contributed by atoms with Gasteiger partial charge in [-0.1, -0.05) is 12.1 Å². The van der Waals surface area contributed by atoms with Gasteiger partial charge in [0.1, 0.15) is 15.6 Å². The van der Waals surface area contributed by atoms with Crippen LogP contribution in [0.2, 0.25) is 0 Å². The van der Waals surface area contributed by atoms with E-state index in [1.807, 2.05) is 29.3 Å². The molecule has 1 aliphatic heterocycles. The third-order valence-corrected chi connectivity index (χ3v) is 7.36. The topological polar surface area (TPSA) is 45.7 Å². The van der Waals surface area contributed by atoms with Crippen LogP contribution in [0.5, 0.6) is 5.75 Å². The summed E-state index contributed by atoms with van der Waals surface area (Å²) in [5.41, 5.74) is 3.16. The number of methoxy groups -OCH3 is 1. The number of carbonyl (C=O) groups is 1. The number of nitrogens with zero attached hydrogens (tertiary/aromatic N) is 3. The van der Waals surface area contributed by atoms with E-state index in [1.165, 1.54) is 16.9 Å². The number of aromatic nitrogens is 1. The van der Waals surface area contributed by atoms with Crippen molar-refractivity contribution in [3.63, 3.8) is 0 Å². The van der Waals surface area contributed by atoms with Crippen molar-refractivity contribution in [3.8, 4) is 16.3 Å². The van der Waals surface area contributed by atoms with E-state index in [4.69, 9.17) is 4.74 Å². The molecule has 4 rings (SSSR count). The molecule has 1 amide bonds. The summed E-state index contributed by atoms with van der Waals surface area (Å²) in [7, 11) is 1.69. The number of thiazole rings is 1. The zero-order chi connectivity index (χ0) is 20.4. The van der Waals surface area contributed by atoms with E-state index >= 15 is 0 Å². The average Bonchev–Trinajstić information content (AvgIpc) is 3.42. The Morgan fingerprint density at radius 3 is 2.69 bits per heavy atom. The van der Waals surface area contributed by atoms with Crippen LogP contribution in [-0.2, 0) is 0 Å². The van der Waals surface area contributed by atoms with Crippen molar-refractivity contribution >= 4 is 28.6 Å². The van der Waals surface area contributed by atoms with Crippen molar-refractivity contribution in [2.75, 3.05) is 33.3 Å². The summed E-state index contributed by atoms with van der Waals surface area (Å²) in [5, 5.41) is 5.04. The molecule has 2 aromatic heterocycles. The second kappa shape index (κ2) is 8.65. The number of rotatable bonds is 5. The second-order valence-electron chi connectivity index (χ2n) is 7.23. The number of amides is 1. The molecular formula is C22H25N3O2S2. The van der Waals surface area contributed by atoms with Gasteiger partial charge in [0.05, 0.1) is 12.8 Å². The van der Waals surface area contributed by atoms with Crippen LogP contribution in [-0.4, -0.2) is 54.0 Å². The third-order valence-electron chi connectivity index (χ3n) is 5.48. The van der Waals surface area contributed by atoms with Crippen molar-refractivity contribution in [3.05, 3.63) is 57.2 Å². The molecule has 7 heteroatoms. The highest BCUT2D eigenvalue weighted by Crippen LogP contribution is 2.31. The fraction of sp³-hybridized carbons (Fsp3) is 0.364. The Labute approximate surface area is 179 Å². The van der Waals surface area contributed by atoms with Crippen molar-refractivity contribution in [2.24, 2.45) is 0 Å². The minimum absolute atomic E-state index is 0.107. The van der Waals surface area contributed by atoms with Crippen molar-refractivity contribution in [2.45, 2.75) is 19.9 Å². The number of hydrogen-bond donors (Lipinski definition) is 0. The molecule has 1 atom stereocenters. The lowest BCUT2D eigenvalue weighted by Crippen LogP contribution is -2.49. The van der Waals surface area contributed by atoms with E-state index < -0.39 is 0 Å². The maximum Gasteiger partial charge on any atom is 0.265 e. The van der Waals surface area contributed by atoms with Crippen molar-refractivity contribution in [1.29, 1.82) is 0 Å². The van der Waals surface area contributed by atoms with Gasteiger partial charge in [0.15, 0.2) is 0 Å². The number of aryl methyl sites for hydroxylation is 1. The van der Waals surface area contributed by atoms with E-state index in [1.54, 1.807) is 18.4 Å². The number of piperazine rings is 1. The van der Waals surface area contributed by atoms with Crippen LogP contribution in [0.15, 0.2) is 41.1 Å². The Bertz CT molecular complexity index is 976. The predicted octanol–water partition coefficient (Wildman–Crippen LogP) is 4.71. The smallest absolute Gasteiger partial charge is 0.265 e. The number of benzene rings is 1. The Kier molecular flexibility index (Phi) is 5.99. The van der Waals surface area contributed by atoms with Gasteiger partial charge < -0.3 is 9.64 Å². The standard InChI is InChI=1S/C22H25N3O2S2/c1-15-20(29-21(23-15)18-7-12-28-14-18)22(26)25-10-8-24(9-11-25)16(2)17-5-4-6-19(13-17)27-3/h4-7,12-14,16H,8-11H2,1-3H3. The fourth-order valence-electron chi connectivity index (χ4n) is 3.67. The number of thiophene rings is 1. The highest BCUT2D eigenvalue weighted by atomic mass is 32.1. The molecule has 1 saturated heterocycles. The van der Waals surface area contributed by atoms with E-state index in [0.29, 0.717) is 0 Å². The average molecular weight is 428 g/mol. The highest BCUT2D eigenvalue weighted by molar-refractivity contribution is 7.17. The molecule has 1 fully saturated rings. The first kappa shape index (κ1) is 20.1. The summed E-state index contributed by atoms with van der Waals surface area (Å²) in [6.07, 6.45) is 0. The molecule has 5 nitrogen and oxygen atoms in total. The van der Waals surface area contributed by atoms with Crippen LogP contribution in [0.1, 0.15) is 33.9 Å². The Hall–Kier alpha value is -2.22. The molecule has 1 aliphatic rings. The van der Waals surface area contributed by atoms with Gasteiger partial charge in [0.2, 0.25) is 0 Å². The van der Waals surface area contributed by atoms with E-state index in [2.05, 4.69) is 40.4 Å². The predicted molar refractivity (Wildman–Crippen MR) is 119 cm³/mol. The van der Waals surface area contributed by atoms with Crippen LogP contribution in [0.25, 0.3) is 10.6 Å². The van der Waals surface area contributed by atoms with Crippen LogP contribution < -0.4 is 4.74 Å². The molecule has 0 radical (unpaired) electrons. The third kappa shape index (κ3) is 4.22. The van der Waals surface area contributed by atoms with Crippen LogP contribution >= 0.6 is 22.7 Å². The van der Waals surface area contributed by atoms with Gasteiger partial charge in [-0.2, -0.15) is 11.3 Å². The zero-order valence-electron chi connectivity index (χ0n) is 16.9. The molecule has 0 spiro atoms. The van der Waals surface area contributed by atoms with Gasteiger partial charge in [0, 0.05) is 43.2 Å². The number of hydrogen-bond acceptors (Lipinski definition) is 6. The Morgan fingerprint density at radius 2 is 2.00 bits per heavy atom. The van der Waals surface area contributed by atoms with E-state index in [0.717, 1.165) is 53.1 Å². The molecule has 152 valence electrons. The SMILES string of the molecule is COc1cccc(C(C)N2CCN(C(=O)c3sc(-c4ccsc4)nc3C)CC2)c1. The molecule has 1 unspecified atom stereocenters. The molecule has 0 saturated carbocycles. The van der Waals surface area contributed by atoms with Crippen LogP contribution in [0.3, 0.4) is 0 Å². The molecule has 0 bridgehead atoms. The fourth-order valence-corrected chi connectivity index (χ4v) is 5.42. The van der Waals surface area contributed by atoms with Gasteiger partial charge >= 0.3 is 0 Å². The molecule has 0 N–H and O–H groups in total. The maximum atomic E-state index is 13.1. The first-order chi connectivity index (χ1) is 14.1. The molecule has 3 aromatic rings. The van der Waals surface area contributed by atoms with Crippen molar-refractivity contribution in [1.82, 2.24) is 14.8 Å². The first-order valence-electron chi connectivity index (χ1n) is 9.74. The van der Waals surface area contributed by atoms with E-state index in [9.17, 15) is 4.79 Å². The second-order valence-corrected chi connectivity index (χ2v) is 9.01. The summed E-state index contributed by atoms with van der Waals surface area (Å²) in [5.74, 6) is 0.987. The summed E-state index contributed by atoms with van der Waals surface area (Å²) in [6.45, 7) is 7.34. The normalized spacial score (nSPS) is 16.0. The summed E-state index contributed by atoms with van der Waals surface area (Å²) in [6, 6.07) is 10.6. The summed E-state index contributed by atoms with van der Waals surface area (Å²) >= 11 is 3.15. The zero-order valence-corrected chi connectivity index (χ0v) is 18.6. The van der Waals surface area contributed by atoms with Gasteiger partial charge in [-0.3, -0.25) is 9.69 Å². The molecule has 3 heterocycles. The maximum absolute atomic E-state index is 13.1. The molecule has 29 heavy (non-hydrogen) atoms. The minimum atomic E-state index is 0.107. The Balaban J connectivity index is 1.41. The summed E-state index contributed by atoms with van der Waals surface area (Å²) < 4.78 is 5.35. The minimum Gasteiger partial charge on any atom is -0.497 e. The summed E-state index contributed by atoms with van der Waals surface area (Å²) in [4.78, 5) is 22.9.